The molecule has 2 aromatic carbocycles. The lowest BCUT2D eigenvalue weighted by molar-refractivity contribution is 0.0844. The van der Waals surface area contributed by atoms with E-state index in [1.165, 1.54) is 0 Å². The van der Waals surface area contributed by atoms with Crippen molar-refractivity contribution < 1.29 is 14.3 Å². The molecule has 2 aromatic rings. The molecule has 5 nitrogen and oxygen atoms in total. The summed E-state index contributed by atoms with van der Waals surface area (Å²) in [7, 11) is 0. The molecule has 0 fully saturated rings. The van der Waals surface area contributed by atoms with E-state index in [0.29, 0.717) is 23.5 Å². The molecule has 0 unspecified atom stereocenters. The number of rotatable bonds is 4. The van der Waals surface area contributed by atoms with Crippen molar-refractivity contribution in [3.8, 4) is 5.75 Å². The largest absolute Gasteiger partial charge is 0.493 e. The number of hydrogen-bond donors (Lipinski definition) is 2. The van der Waals surface area contributed by atoms with Gasteiger partial charge in [0.25, 0.3) is 11.8 Å². The van der Waals surface area contributed by atoms with Crippen molar-refractivity contribution in [1.29, 1.82) is 0 Å². The van der Waals surface area contributed by atoms with Crippen LogP contribution in [-0.2, 0) is 0 Å². The first-order valence-electron chi connectivity index (χ1n) is 6.70. The average molecular weight is 410 g/mol. The monoisotopic (exact) mass is 410 g/mol. The molecule has 2 N–H and O–H groups in total. The van der Waals surface area contributed by atoms with Crippen molar-refractivity contribution in [1.82, 2.24) is 10.9 Å². The van der Waals surface area contributed by atoms with Gasteiger partial charge < -0.3 is 4.74 Å². The van der Waals surface area contributed by atoms with Gasteiger partial charge in [-0.3, -0.25) is 20.4 Å². The lowest BCUT2D eigenvalue weighted by Crippen LogP contribution is -2.42. The van der Waals surface area contributed by atoms with E-state index < -0.39 is 5.91 Å². The van der Waals surface area contributed by atoms with Gasteiger partial charge in [-0.05, 0) is 53.8 Å². The molecule has 0 aromatic heterocycles. The van der Waals surface area contributed by atoms with Crippen LogP contribution in [0.4, 0.5) is 0 Å². The molecule has 0 aliphatic heterocycles. The van der Waals surface area contributed by atoms with E-state index in [-0.39, 0.29) is 5.91 Å². The molecule has 0 spiro atoms. The van der Waals surface area contributed by atoms with Gasteiger partial charge in [0.1, 0.15) is 5.75 Å². The van der Waals surface area contributed by atoms with Crippen LogP contribution in [0.1, 0.15) is 27.6 Å². The Hall–Kier alpha value is -2.09. The lowest BCUT2D eigenvalue weighted by Gasteiger charge is -2.11. The summed E-state index contributed by atoms with van der Waals surface area (Å²) in [5.41, 5.74) is 5.68. The Morgan fingerprint density at radius 2 is 1.50 bits per heavy atom. The van der Waals surface area contributed by atoms with Gasteiger partial charge in [0.05, 0.1) is 17.7 Å². The van der Waals surface area contributed by atoms with Crippen LogP contribution < -0.4 is 15.6 Å². The Kier molecular flexibility index (Phi) is 5.76. The minimum absolute atomic E-state index is 0.368. The minimum atomic E-state index is -0.427. The lowest BCUT2D eigenvalue weighted by atomic mass is 10.2. The average Bonchev–Trinajstić information content (AvgIpc) is 2.53. The van der Waals surface area contributed by atoms with Crippen LogP contribution in [0, 0.1) is 3.57 Å². The maximum absolute atomic E-state index is 12.2. The molecule has 22 heavy (non-hydrogen) atoms. The first kappa shape index (κ1) is 16.3. The van der Waals surface area contributed by atoms with Crippen LogP contribution in [0.3, 0.4) is 0 Å². The standard InChI is InChI=1S/C16H15IN2O3/c1-2-22-14-10-6-4-8-12(14)16(21)19-18-15(20)11-7-3-5-9-13(11)17/h3-10H,2H2,1H3,(H,18,20)(H,19,21). The molecule has 0 saturated carbocycles. The van der Waals surface area contributed by atoms with Crippen LogP contribution >= 0.6 is 22.6 Å². The van der Waals surface area contributed by atoms with Crippen molar-refractivity contribution in [3.05, 3.63) is 63.2 Å². The van der Waals surface area contributed by atoms with E-state index in [2.05, 4.69) is 33.4 Å². The zero-order chi connectivity index (χ0) is 15.9. The molecule has 0 aliphatic rings. The number of benzene rings is 2. The number of amides is 2. The summed E-state index contributed by atoms with van der Waals surface area (Å²) in [6.45, 7) is 2.30. The third-order valence-corrected chi connectivity index (χ3v) is 3.78. The van der Waals surface area contributed by atoms with Crippen LogP contribution in [0.15, 0.2) is 48.5 Å². The van der Waals surface area contributed by atoms with Crippen molar-refractivity contribution >= 4 is 34.4 Å². The van der Waals surface area contributed by atoms with Crippen LogP contribution in [0.5, 0.6) is 5.75 Å². The van der Waals surface area contributed by atoms with Gasteiger partial charge in [0, 0.05) is 3.57 Å². The zero-order valence-corrected chi connectivity index (χ0v) is 14.1. The minimum Gasteiger partial charge on any atom is -0.493 e. The van der Waals surface area contributed by atoms with Gasteiger partial charge in [0.15, 0.2) is 0 Å². The van der Waals surface area contributed by atoms with E-state index in [4.69, 9.17) is 4.74 Å². The molecule has 0 radical (unpaired) electrons. The summed E-state index contributed by atoms with van der Waals surface area (Å²) in [5.74, 6) is -0.318. The van der Waals surface area contributed by atoms with Gasteiger partial charge in [-0.1, -0.05) is 24.3 Å². The third kappa shape index (κ3) is 3.97. The molecule has 2 rings (SSSR count). The topological polar surface area (TPSA) is 67.4 Å². The van der Waals surface area contributed by atoms with E-state index in [9.17, 15) is 9.59 Å². The summed E-state index contributed by atoms with van der Waals surface area (Å²) < 4.78 is 6.20. The summed E-state index contributed by atoms with van der Waals surface area (Å²) >= 11 is 2.07. The Bertz CT molecular complexity index is 689. The van der Waals surface area contributed by atoms with E-state index in [1.807, 2.05) is 19.1 Å². The maximum Gasteiger partial charge on any atom is 0.273 e. The Labute approximate surface area is 142 Å². The highest BCUT2D eigenvalue weighted by molar-refractivity contribution is 14.1. The van der Waals surface area contributed by atoms with Crippen molar-refractivity contribution in [2.45, 2.75) is 6.92 Å². The maximum atomic E-state index is 12.2. The second-order valence-electron chi connectivity index (χ2n) is 4.32. The van der Waals surface area contributed by atoms with Gasteiger partial charge in [-0.25, -0.2) is 0 Å². The van der Waals surface area contributed by atoms with E-state index in [0.717, 1.165) is 3.57 Å². The van der Waals surface area contributed by atoms with Crippen LogP contribution in [0.25, 0.3) is 0 Å². The molecule has 0 aliphatic carbocycles. The van der Waals surface area contributed by atoms with Crippen molar-refractivity contribution in [3.63, 3.8) is 0 Å². The Morgan fingerprint density at radius 3 is 2.14 bits per heavy atom. The smallest absolute Gasteiger partial charge is 0.273 e. The van der Waals surface area contributed by atoms with E-state index in [1.54, 1.807) is 36.4 Å². The molecule has 0 heterocycles. The number of para-hydroxylation sites is 1. The quantitative estimate of drug-likeness (QED) is 0.602. The fourth-order valence-corrected chi connectivity index (χ4v) is 2.46. The Morgan fingerprint density at radius 1 is 0.955 bits per heavy atom. The highest BCUT2D eigenvalue weighted by Gasteiger charge is 2.14. The number of halogens is 1. The first-order valence-corrected chi connectivity index (χ1v) is 7.78. The third-order valence-electron chi connectivity index (χ3n) is 2.84. The second-order valence-corrected chi connectivity index (χ2v) is 5.48. The Balaban J connectivity index is 2.04. The summed E-state index contributed by atoms with van der Waals surface area (Å²) in [4.78, 5) is 24.2. The number of hydrogen-bond acceptors (Lipinski definition) is 3. The van der Waals surface area contributed by atoms with Gasteiger partial charge in [0.2, 0.25) is 0 Å². The molecule has 114 valence electrons. The van der Waals surface area contributed by atoms with Gasteiger partial charge in [-0.2, -0.15) is 0 Å². The fourth-order valence-electron chi connectivity index (χ4n) is 1.83. The van der Waals surface area contributed by atoms with Crippen molar-refractivity contribution in [2.24, 2.45) is 0 Å². The summed E-state index contributed by atoms with van der Waals surface area (Å²) in [5, 5.41) is 0. The normalized spacial score (nSPS) is 9.91. The van der Waals surface area contributed by atoms with Crippen LogP contribution in [0.2, 0.25) is 0 Å². The SMILES string of the molecule is CCOc1ccccc1C(=O)NNC(=O)c1ccccc1I. The predicted molar refractivity (Wildman–Crippen MR) is 91.7 cm³/mol. The number of carbonyl (C=O) groups excluding carboxylic acids is 2. The van der Waals surface area contributed by atoms with Crippen molar-refractivity contribution in [2.75, 3.05) is 6.61 Å². The molecule has 2 amide bonds. The number of hydrazine groups is 1. The second kappa shape index (κ2) is 7.79. The molecular formula is C16H15IN2O3. The van der Waals surface area contributed by atoms with Crippen LogP contribution in [-0.4, -0.2) is 18.4 Å². The summed E-state index contributed by atoms with van der Waals surface area (Å²) in [6.07, 6.45) is 0. The summed E-state index contributed by atoms with van der Waals surface area (Å²) in [6, 6.07) is 14.0. The van der Waals surface area contributed by atoms with Gasteiger partial charge in [-0.15, -0.1) is 0 Å². The molecular weight excluding hydrogens is 395 g/mol. The predicted octanol–water partition coefficient (Wildman–Crippen LogP) is 2.76. The molecule has 0 saturated heterocycles. The zero-order valence-electron chi connectivity index (χ0n) is 11.9. The molecule has 0 bridgehead atoms. The number of ether oxygens (including phenoxy) is 1. The highest BCUT2D eigenvalue weighted by Crippen LogP contribution is 2.17. The highest BCUT2D eigenvalue weighted by atomic mass is 127. The molecule has 6 heteroatoms. The first-order chi connectivity index (χ1) is 10.6. The number of carbonyl (C=O) groups is 2. The van der Waals surface area contributed by atoms with Gasteiger partial charge >= 0.3 is 0 Å². The fraction of sp³-hybridized carbons (Fsp3) is 0.125. The van der Waals surface area contributed by atoms with E-state index >= 15 is 0 Å². The number of nitrogens with one attached hydrogen (secondary N) is 2. The molecule has 0 atom stereocenters.